The second kappa shape index (κ2) is 5.36. The molecule has 0 radical (unpaired) electrons. The molecular formula is C13H18N2O4. The molecule has 0 saturated carbocycles. The van der Waals surface area contributed by atoms with Crippen LogP contribution in [0.15, 0.2) is 12.1 Å². The third kappa shape index (κ3) is 2.90. The average Bonchev–Trinajstić information content (AvgIpc) is 2.81. The molecule has 0 saturated heterocycles. The first kappa shape index (κ1) is 13.5. The minimum atomic E-state index is -0.976. The third-order valence-corrected chi connectivity index (χ3v) is 3.20. The van der Waals surface area contributed by atoms with E-state index in [2.05, 4.69) is 0 Å². The van der Waals surface area contributed by atoms with Gasteiger partial charge in [-0.25, -0.2) is 0 Å². The number of aliphatic carboxylic acids is 1. The maximum Gasteiger partial charge on any atom is 0.320 e. The summed E-state index contributed by atoms with van der Waals surface area (Å²) in [5, 5.41) is 8.77. The van der Waals surface area contributed by atoms with Crippen LogP contribution in [0.4, 0.5) is 5.69 Å². The topological polar surface area (TPSA) is 85.0 Å². The minimum absolute atomic E-state index is 0.242. The zero-order valence-electron chi connectivity index (χ0n) is 11.0. The molecule has 1 aliphatic rings. The van der Waals surface area contributed by atoms with Gasteiger partial charge in [-0.2, -0.15) is 0 Å². The third-order valence-electron chi connectivity index (χ3n) is 3.20. The number of nitrogens with zero attached hydrogens (tertiary/aromatic N) is 1. The lowest BCUT2D eigenvalue weighted by Crippen LogP contribution is -2.34. The molecule has 3 N–H and O–H groups in total. The van der Waals surface area contributed by atoms with Crippen molar-refractivity contribution >= 4 is 11.7 Å². The van der Waals surface area contributed by atoms with E-state index in [1.54, 1.807) is 0 Å². The van der Waals surface area contributed by atoms with Crippen molar-refractivity contribution in [2.75, 3.05) is 25.3 Å². The normalized spacial score (nSPS) is 14.3. The van der Waals surface area contributed by atoms with Crippen LogP contribution in [0.5, 0.6) is 11.5 Å². The van der Waals surface area contributed by atoms with Crippen LogP contribution in [0.3, 0.4) is 0 Å². The molecule has 1 aromatic rings. The fourth-order valence-electron chi connectivity index (χ4n) is 2.02. The average molecular weight is 266 g/mol. The van der Waals surface area contributed by atoms with Crippen molar-refractivity contribution in [3.05, 3.63) is 17.7 Å². The Kier molecular flexibility index (Phi) is 3.80. The number of nitrogens with two attached hydrogens (primary N) is 1. The zero-order chi connectivity index (χ0) is 14.0. The maximum atomic E-state index is 10.7. The lowest BCUT2D eigenvalue weighted by Gasteiger charge is -2.22. The van der Waals surface area contributed by atoms with E-state index in [0.29, 0.717) is 13.0 Å². The molecule has 0 aromatic heterocycles. The van der Waals surface area contributed by atoms with Crippen LogP contribution in [0.25, 0.3) is 0 Å². The number of hydrogen-bond acceptors (Lipinski definition) is 5. The Labute approximate surface area is 111 Å². The monoisotopic (exact) mass is 266 g/mol. The van der Waals surface area contributed by atoms with E-state index in [0.717, 1.165) is 22.7 Å². The highest BCUT2D eigenvalue weighted by Crippen LogP contribution is 2.37. The number of fused-ring (bicyclic) bond motifs is 1. The second-order valence-corrected chi connectivity index (χ2v) is 4.65. The number of hydrogen-bond donors (Lipinski definition) is 2. The highest BCUT2D eigenvalue weighted by atomic mass is 16.7. The molecule has 1 aliphatic heterocycles. The fraction of sp³-hybridized carbons (Fsp3) is 0.462. The number of carboxylic acid groups (broad SMARTS) is 1. The standard InChI is InChI=1S/C13H18N2O4/c1-8-5-11-12(19-7-18-11)6-10(8)15(2)4-3-9(14)13(16)17/h5-6,9H,3-4,7,14H2,1-2H3,(H,16,17). The summed E-state index contributed by atoms with van der Waals surface area (Å²) in [5.41, 5.74) is 7.54. The summed E-state index contributed by atoms with van der Waals surface area (Å²) in [6, 6.07) is 2.99. The first-order chi connectivity index (χ1) is 8.99. The molecule has 1 heterocycles. The van der Waals surface area contributed by atoms with Crippen LogP contribution in [0.1, 0.15) is 12.0 Å². The number of aryl methyl sites for hydroxylation is 1. The summed E-state index contributed by atoms with van der Waals surface area (Å²) in [7, 11) is 1.90. The summed E-state index contributed by atoms with van der Waals surface area (Å²) < 4.78 is 10.6. The molecule has 0 aliphatic carbocycles. The Morgan fingerprint density at radius 2 is 2.11 bits per heavy atom. The van der Waals surface area contributed by atoms with Gasteiger partial charge in [0.2, 0.25) is 6.79 Å². The zero-order valence-corrected chi connectivity index (χ0v) is 11.0. The molecule has 0 fully saturated rings. The predicted molar refractivity (Wildman–Crippen MR) is 70.8 cm³/mol. The lowest BCUT2D eigenvalue weighted by atomic mass is 10.1. The largest absolute Gasteiger partial charge is 0.480 e. The van der Waals surface area contributed by atoms with Crippen LogP contribution < -0.4 is 20.1 Å². The number of carboxylic acids is 1. The molecule has 1 atom stereocenters. The van der Waals surface area contributed by atoms with Gasteiger partial charge in [0.05, 0.1) is 0 Å². The van der Waals surface area contributed by atoms with E-state index in [9.17, 15) is 4.79 Å². The van der Waals surface area contributed by atoms with Crippen LogP contribution in [-0.2, 0) is 4.79 Å². The Hall–Kier alpha value is -1.95. The Bertz CT molecular complexity index is 490. The maximum absolute atomic E-state index is 10.7. The van der Waals surface area contributed by atoms with Gasteiger partial charge in [-0.3, -0.25) is 4.79 Å². The number of carbonyl (C=O) groups is 1. The molecule has 2 rings (SSSR count). The molecule has 0 amide bonds. The van der Waals surface area contributed by atoms with Gasteiger partial charge in [-0.05, 0) is 25.0 Å². The highest BCUT2D eigenvalue weighted by Gasteiger charge is 2.18. The number of benzene rings is 1. The molecule has 0 bridgehead atoms. The van der Waals surface area contributed by atoms with Crippen LogP contribution in [0.2, 0.25) is 0 Å². The Morgan fingerprint density at radius 1 is 1.47 bits per heavy atom. The molecule has 6 nitrogen and oxygen atoms in total. The van der Waals surface area contributed by atoms with Crippen molar-refractivity contribution < 1.29 is 19.4 Å². The Morgan fingerprint density at radius 3 is 2.74 bits per heavy atom. The molecule has 6 heteroatoms. The molecular weight excluding hydrogens is 248 g/mol. The molecule has 0 spiro atoms. The van der Waals surface area contributed by atoms with E-state index in [1.165, 1.54) is 0 Å². The van der Waals surface area contributed by atoms with E-state index < -0.39 is 12.0 Å². The van der Waals surface area contributed by atoms with E-state index in [1.807, 2.05) is 31.0 Å². The molecule has 1 aromatic carbocycles. The van der Waals surface area contributed by atoms with E-state index >= 15 is 0 Å². The van der Waals surface area contributed by atoms with Gasteiger partial charge in [0.25, 0.3) is 0 Å². The van der Waals surface area contributed by atoms with Gasteiger partial charge in [-0.15, -0.1) is 0 Å². The quantitative estimate of drug-likeness (QED) is 0.825. The first-order valence-corrected chi connectivity index (χ1v) is 6.09. The number of anilines is 1. The summed E-state index contributed by atoms with van der Waals surface area (Å²) in [6.45, 7) is 2.78. The van der Waals surface area contributed by atoms with Crippen molar-refractivity contribution in [1.82, 2.24) is 0 Å². The van der Waals surface area contributed by atoms with E-state index in [4.69, 9.17) is 20.3 Å². The van der Waals surface area contributed by atoms with Crippen molar-refractivity contribution in [2.45, 2.75) is 19.4 Å². The summed E-state index contributed by atoms with van der Waals surface area (Å²) in [5.74, 6) is 0.489. The van der Waals surface area contributed by atoms with Gasteiger partial charge < -0.3 is 25.2 Å². The fourth-order valence-corrected chi connectivity index (χ4v) is 2.02. The van der Waals surface area contributed by atoms with Crippen LogP contribution >= 0.6 is 0 Å². The molecule has 1 unspecified atom stereocenters. The lowest BCUT2D eigenvalue weighted by molar-refractivity contribution is -0.138. The number of rotatable bonds is 5. The smallest absolute Gasteiger partial charge is 0.320 e. The van der Waals surface area contributed by atoms with E-state index in [-0.39, 0.29) is 6.79 Å². The van der Waals surface area contributed by atoms with Crippen molar-refractivity contribution in [2.24, 2.45) is 5.73 Å². The van der Waals surface area contributed by atoms with Crippen molar-refractivity contribution in [3.8, 4) is 11.5 Å². The van der Waals surface area contributed by atoms with Gasteiger partial charge in [0, 0.05) is 25.3 Å². The summed E-state index contributed by atoms with van der Waals surface area (Å²) in [6.07, 6.45) is 0.389. The second-order valence-electron chi connectivity index (χ2n) is 4.65. The SMILES string of the molecule is Cc1cc2c(cc1N(C)CCC(N)C(=O)O)OCO2. The Balaban J connectivity index is 2.07. The van der Waals surface area contributed by atoms with Crippen molar-refractivity contribution in [3.63, 3.8) is 0 Å². The van der Waals surface area contributed by atoms with Crippen LogP contribution in [-0.4, -0.2) is 37.5 Å². The van der Waals surface area contributed by atoms with Gasteiger partial charge in [0.1, 0.15) is 6.04 Å². The molecule has 19 heavy (non-hydrogen) atoms. The number of ether oxygens (including phenoxy) is 2. The predicted octanol–water partition coefficient (Wildman–Crippen LogP) is 0.962. The van der Waals surface area contributed by atoms with Crippen molar-refractivity contribution in [1.29, 1.82) is 0 Å². The highest BCUT2D eigenvalue weighted by molar-refractivity contribution is 5.73. The van der Waals surface area contributed by atoms with Gasteiger partial charge in [-0.1, -0.05) is 0 Å². The van der Waals surface area contributed by atoms with Gasteiger partial charge in [0.15, 0.2) is 11.5 Å². The summed E-state index contributed by atoms with van der Waals surface area (Å²) >= 11 is 0. The summed E-state index contributed by atoms with van der Waals surface area (Å²) in [4.78, 5) is 12.7. The van der Waals surface area contributed by atoms with Gasteiger partial charge >= 0.3 is 5.97 Å². The first-order valence-electron chi connectivity index (χ1n) is 6.09. The molecule has 104 valence electrons. The van der Waals surface area contributed by atoms with Crippen LogP contribution in [0, 0.1) is 6.92 Å². The minimum Gasteiger partial charge on any atom is -0.480 e.